The molecule has 3 heteroatoms. The first-order valence-corrected chi connectivity index (χ1v) is 4.47. The summed E-state index contributed by atoms with van der Waals surface area (Å²) in [6, 6.07) is 0. The van der Waals surface area contributed by atoms with Crippen LogP contribution in [0.1, 0.15) is 46.0 Å². The van der Waals surface area contributed by atoms with Gasteiger partial charge in [0.25, 0.3) is 0 Å². The Morgan fingerprint density at radius 2 is 1.92 bits per heavy atom. The van der Waals surface area contributed by atoms with Crippen molar-refractivity contribution in [2.45, 2.75) is 46.0 Å². The van der Waals surface area contributed by atoms with Gasteiger partial charge in [-0.05, 0) is 6.42 Å². The molecule has 0 aromatic rings. The molecule has 0 saturated heterocycles. The molecule has 0 heterocycles. The van der Waals surface area contributed by atoms with Crippen LogP contribution in [0.4, 0.5) is 0 Å². The number of amides is 1. The summed E-state index contributed by atoms with van der Waals surface area (Å²) in [5.41, 5.74) is 5.11. The molecule has 68 valence electrons. The van der Waals surface area contributed by atoms with E-state index in [1.807, 2.05) is 6.92 Å². The number of unbranched alkanes of at least 4 members (excludes halogenated alkanes) is 3. The molecule has 0 bridgehead atoms. The fourth-order valence-corrected chi connectivity index (χ4v) is 1.02. The van der Waals surface area contributed by atoms with Crippen molar-refractivity contribution >= 4 is 35.5 Å². The first-order valence-electron chi connectivity index (χ1n) is 4.47. The van der Waals surface area contributed by atoms with Gasteiger partial charge in [-0.1, -0.05) is 39.5 Å². The third kappa shape index (κ3) is 8.57. The fourth-order valence-electron chi connectivity index (χ4n) is 1.02. The normalized spacial score (nSPS) is 11.8. The van der Waals surface area contributed by atoms with E-state index < -0.39 is 0 Å². The Bertz CT molecular complexity index is 117. The van der Waals surface area contributed by atoms with Gasteiger partial charge >= 0.3 is 29.6 Å². The van der Waals surface area contributed by atoms with Crippen molar-refractivity contribution < 1.29 is 4.79 Å². The molecule has 1 unspecified atom stereocenters. The van der Waals surface area contributed by atoms with E-state index in [0.29, 0.717) is 0 Å². The summed E-state index contributed by atoms with van der Waals surface area (Å²) in [5.74, 6) is -0.103. The predicted octanol–water partition coefficient (Wildman–Crippen LogP) is 1.43. The number of hydrogen-bond donors (Lipinski definition) is 1. The van der Waals surface area contributed by atoms with Crippen LogP contribution in [-0.2, 0) is 4.79 Å². The zero-order valence-corrected chi connectivity index (χ0v) is 7.60. The molecule has 2 N–H and O–H groups in total. The maximum atomic E-state index is 10.6. The second kappa shape index (κ2) is 9.56. The van der Waals surface area contributed by atoms with Crippen molar-refractivity contribution in [1.29, 1.82) is 0 Å². The molecule has 0 spiro atoms. The molecule has 0 aromatic heterocycles. The van der Waals surface area contributed by atoms with Crippen molar-refractivity contribution in [1.82, 2.24) is 0 Å². The second-order valence-corrected chi connectivity index (χ2v) is 3.15. The summed E-state index contributed by atoms with van der Waals surface area (Å²) in [6.07, 6.45) is 5.83. The van der Waals surface area contributed by atoms with E-state index in [1.54, 1.807) is 0 Å². The van der Waals surface area contributed by atoms with Crippen molar-refractivity contribution in [3.63, 3.8) is 0 Å². The SMILES string of the molecule is CCCCCCC(C)C(N)=O.[NaH]. The summed E-state index contributed by atoms with van der Waals surface area (Å²) < 4.78 is 0. The third-order valence-electron chi connectivity index (χ3n) is 1.98. The van der Waals surface area contributed by atoms with Gasteiger partial charge in [-0.15, -0.1) is 0 Å². The average Bonchev–Trinajstić information content (AvgIpc) is 1.97. The molecule has 1 atom stereocenters. The molecule has 0 aliphatic carbocycles. The van der Waals surface area contributed by atoms with E-state index in [2.05, 4.69) is 6.92 Å². The molecule has 0 rings (SSSR count). The van der Waals surface area contributed by atoms with Gasteiger partial charge in [0.15, 0.2) is 0 Å². The van der Waals surface area contributed by atoms with Crippen LogP contribution in [0.25, 0.3) is 0 Å². The fraction of sp³-hybridized carbons (Fsp3) is 0.889. The van der Waals surface area contributed by atoms with E-state index in [-0.39, 0.29) is 41.4 Å². The van der Waals surface area contributed by atoms with Crippen LogP contribution in [0, 0.1) is 5.92 Å². The van der Waals surface area contributed by atoms with E-state index in [9.17, 15) is 4.79 Å². The van der Waals surface area contributed by atoms with Crippen LogP contribution in [0.3, 0.4) is 0 Å². The summed E-state index contributed by atoms with van der Waals surface area (Å²) in [4.78, 5) is 10.6. The van der Waals surface area contributed by atoms with Gasteiger partial charge in [0.1, 0.15) is 0 Å². The Hall–Kier alpha value is 0.470. The van der Waals surface area contributed by atoms with Crippen LogP contribution in [0.5, 0.6) is 0 Å². The molecule has 0 aromatic carbocycles. The number of hydrogen-bond acceptors (Lipinski definition) is 1. The summed E-state index contributed by atoms with van der Waals surface area (Å²) in [7, 11) is 0. The van der Waals surface area contributed by atoms with Gasteiger partial charge < -0.3 is 5.73 Å². The summed E-state index contributed by atoms with van der Waals surface area (Å²) >= 11 is 0. The van der Waals surface area contributed by atoms with Gasteiger partial charge in [-0.2, -0.15) is 0 Å². The molecule has 0 radical (unpaired) electrons. The number of rotatable bonds is 6. The zero-order chi connectivity index (χ0) is 8.69. The average molecular weight is 181 g/mol. The van der Waals surface area contributed by atoms with Gasteiger partial charge in [-0.25, -0.2) is 0 Å². The monoisotopic (exact) mass is 181 g/mol. The van der Waals surface area contributed by atoms with Crippen LogP contribution >= 0.6 is 0 Å². The topological polar surface area (TPSA) is 43.1 Å². The molecule has 0 fully saturated rings. The Balaban J connectivity index is 0. The van der Waals surface area contributed by atoms with Crippen molar-refractivity contribution in [2.75, 3.05) is 0 Å². The van der Waals surface area contributed by atoms with Gasteiger partial charge in [0, 0.05) is 5.92 Å². The summed E-state index contributed by atoms with van der Waals surface area (Å²) in [5, 5.41) is 0. The van der Waals surface area contributed by atoms with E-state index in [0.717, 1.165) is 12.8 Å². The van der Waals surface area contributed by atoms with Crippen LogP contribution in [0.2, 0.25) is 0 Å². The first kappa shape index (κ1) is 15.0. The molecule has 0 aliphatic heterocycles. The number of nitrogens with two attached hydrogens (primary N) is 1. The van der Waals surface area contributed by atoms with Crippen molar-refractivity contribution in [3.05, 3.63) is 0 Å². The third-order valence-corrected chi connectivity index (χ3v) is 1.98. The molecular weight excluding hydrogens is 161 g/mol. The molecule has 12 heavy (non-hydrogen) atoms. The minimum absolute atomic E-state index is 0. The Kier molecular flexibility index (Phi) is 11.9. The van der Waals surface area contributed by atoms with E-state index in [1.165, 1.54) is 19.3 Å². The van der Waals surface area contributed by atoms with E-state index in [4.69, 9.17) is 5.73 Å². The predicted molar refractivity (Wildman–Crippen MR) is 54.3 cm³/mol. The molecule has 0 aliphatic rings. The Labute approximate surface area is 97.6 Å². The van der Waals surface area contributed by atoms with Gasteiger partial charge in [0.2, 0.25) is 5.91 Å². The minimum atomic E-state index is -0.165. The quantitative estimate of drug-likeness (QED) is 0.489. The molecule has 0 saturated carbocycles. The van der Waals surface area contributed by atoms with Crippen LogP contribution in [0.15, 0.2) is 0 Å². The number of carbonyl (C=O) groups is 1. The van der Waals surface area contributed by atoms with Crippen molar-refractivity contribution in [3.8, 4) is 0 Å². The zero-order valence-electron chi connectivity index (χ0n) is 7.60. The van der Waals surface area contributed by atoms with E-state index >= 15 is 0 Å². The number of primary amides is 1. The van der Waals surface area contributed by atoms with Crippen LogP contribution in [-0.4, -0.2) is 35.5 Å². The Morgan fingerprint density at radius 1 is 1.33 bits per heavy atom. The van der Waals surface area contributed by atoms with Crippen molar-refractivity contribution in [2.24, 2.45) is 11.7 Å². The molecule has 1 amide bonds. The van der Waals surface area contributed by atoms with Gasteiger partial charge in [0.05, 0.1) is 0 Å². The second-order valence-electron chi connectivity index (χ2n) is 3.15. The maximum absolute atomic E-state index is 10.6. The summed E-state index contributed by atoms with van der Waals surface area (Å²) in [6.45, 7) is 4.08. The Morgan fingerprint density at radius 3 is 2.33 bits per heavy atom. The standard InChI is InChI=1S/C9H19NO.Na.H/c1-3-4-5-6-7-8(2)9(10)11;;/h8H,3-7H2,1-2H3,(H2,10,11);;. The molecular formula is C9H20NNaO. The van der Waals surface area contributed by atoms with Gasteiger partial charge in [-0.3, -0.25) is 4.79 Å². The molecule has 2 nitrogen and oxygen atoms in total. The van der Waals surface area contributed by atoms with Crippen LogP contribution < -0.4 is 5.73 Å². The number of carbonyl (C=O) groups excluding carboxylic acids is 1. The first-order chi connectivity index (χ1) is 5.18.